The van der Waals surface area contributed by atoms with Gasteiger partial charge >= 0.3 is 11.9 Å². The summed E-state index contributed by atoms with van der Waals surface area (Å²) in [6.07, 6.45) is -5.92. The van der Waals surface area contributed by atoms with Crippen LogP contribution < -0.4 is 0 Å². The Bertz CT molecular complexity index is 1440. The fraction of sp³-hybridized carbons (Fsp3) is 0.837. The van der Waals surface area contributed by atoms with Crippen molar-refractivity contribution in [3.8, 4) is 0 Å². The highest BCUT2D eigenvalue weighted by Gasteiger charge is 2.50. The molecule has 4 rings (SSSR count). The van der Waals surface area contributed by atoms with Gasteiger partial charge in [0.15, 0.2) is 30.8 Å². The fourth-order valence-corrected chi connectivity index (χ4v) is 8.72. The molecule has 0 aromatic heterocycles. The maximum Gasteiger partial charge on any atom is 0.308 e. The van der Waals surface area contributed by atoms with Gasteiger partial charge in [0.05, 0.1) is 62.8 Å². The Kier molecular flexibility index (Phi) is 19.5. The van der Waals surface area contributed by atoms with E-state index in [4.69, 9.17) is 47.4 Å². The summed E-state index contributed by atoms with van der Waals surface area (Å²) in [6.45, 7) is 12.7. The molecule has 4 aliphatic rings. The lowest BCUT2D eigenvalue weighted by Gasteiger charge is -2.47. The first kappa shape index (κ1) is 50.3. The third-order valence-electron chi connectivity index (χ3n) is 12.2. The normalized spacial score (nSPS) is 42.0. The number of aliphatic hydroxyl groups excluding tert-OH is 3. The molecule has 4 heterocycles. The summed E-state index contributed by atoms with van der Waals surface area (Å²) in [5.74, 6) is -3.77. The minimum atomic E-state index is -1.31. The topological polar surface area (TPSA) is 207 Å². The highest BCUT2D eigenvalue weighted by Crippen LogP contribution is 2.37. The van der Waals surface area contributed by atoms with Crippen LogP contribution in [0, 0.1) is 23.7 Å². The predicted octanol–water partition coefficient (Wildman–Crippen LogP) is 2.31. The molecule has 0 aliphatic carbocycles. The number of nitrogens with zero attached hydrogens (tertiary/aromatic N) is 1. The molecule has 0 aromatic rings. The number of ketones is 1. The van der Waals surface area contributed by atoms with Gasteiger partial charge in [-0.25, -0.2) is 0 Å². The molecule has 3 fully saturated rings. The van der Waals surface area contributed by atoms with Crippen LogP contribution in [0.1, 0.15) is 74.1 Å². The van der Waals surface area contributed by atoms with E-state index in [0.29, 0.717) is 25.2 Å². The summed E-state index contributed by atoms with van der Waals surface area (Å²) in [5.41, 5.74) is 0.717. The second kappa shape index (κ2) is 23.3. The molecule has 17 nitrogen and oxygen atoms in total. The minimum absolute atomic E-state index is 0.0128. The van der Waals surface area contributed by atoms with Crippen LogP contribution in [0.25, 0.3) is 0 Å². The van der Waals surface area contributed by atoms with Crippen LogP contribution in [0.5, 0.6) is 0 Å². The van der Waals surface area contributed by atoms with Crippen LogP contribution >= 0.6 is 0 Å². The number of hydrogen-bond donors (Lipinski definition) is 3. The van der Waals surface area contributed by atoms with Crippen molar-refractivity contribution in [3.63, 3.8) is 0 Å². The molecule has 17 atom stereocenters. The molecule has 0 radical (unpaired) electrons. The first-order valence-corrected chi connectivity index (χ1v) is 21.2. The highest BCUT2D eigenvalue weighted by molar-refractivity contribution is 5.91. The van der Waals surface area contributed by atoms with Gasteiger partial charge < -0.3 is 67.6 Å². The van der Waals surface area contributed by atoms with E-state index in [2.05, 4.69) is 0 Å². The Morgan fingerprint density at radius 2 is 1.52 bits per heavy atom. The van der Waals surface area contributed by atoms with Crippen LogP contribution in [-0.2, 0) is 61.8 Å². The Balaban J connectivity index is 1.70. The number of likely N-dealkylation sites (N-methyl/N-ethyl adjacent to an activating group) is 1. The third-order valence-corrected chi connectivity index (χ3v) is 12.2. The van der Waals surface area contributed by atoms with E-state index in [-0.39, 0.29) is 25.2 Å². The number of carbonyl (C=O) groups excluding carboxylic acids is 3. The average Bonchev–Trinajstić information content (AvgIpc) is 3.71. The van der Waals surface area contributed by atoms with Crippen LogP contribution in [0.4, 0.5) is 0 Å². The van der Waals surface area contributed by atoms with Crippen LogP contribution in [0.15, 0.2) is 23.8 Å². The van der Waals surface area contributed by atoms with Crippen molar-refractivity contribution in [1.82, 2.24) is 4.90 Å². The molecule has 0 amide bonds. The molecule has 0 bridgehead atoms. The number of carbonyl (C=O) groups is 3. The van der Waals surface area contributed by atoms with E-state index in [1.54, 1.807) is 45.8 Å². The zero-order valence-corrected chi connectivity index (χ0v) is 37.2. The second-order valence-corrected chi connectivity index (χ2v) is 16.9. The van der Waals surface area contributed by atoms with Crippen molar-refractivity contribution < 1.29 is 77.1 Å². The standard InChI is InChI=1S/C43H71NO16/c1-12-32-29(21-55-42-41(52-11)40(51-10)37(50)26(6)56-42)17-22(2)13-14-30(46)23(3)18-28(19-34-53-15-16-54-34)38(24(4)31(47)20-33(48)59-32)60-43-39(58-27(7)45)35(44(8)9)36(49)25(5)57-43/h13-14,17,23-26,28-29,31-32,34-43,47,49-50H,12,15-16,18-21H2,1-11H3/b14-13+,22-17+/t23-,24+,25-,26-,28-,29-,31-,32+,35+,36-,37-,38-,39-,40-,41-,42-,43+/m1/s1. The Hall–Kier alpha value is -2.39. The van der Waals surface area contributed by atoms with E-state index in [9.17, 15) is 29.7 Å². The SMILES string of the molecule is CC[C@@H]1OC(=O)C[C@@H](O)[C@H](C)[C@@H](O[C@@H]2O[C@H](C)[C@@H](O)[C@H](N(C)C)[C@H]2OC(C)=O)[C@@H](CC2OCCO2)C[C@@H](C)C(=O)/C=C/C(C)=C/[C@@H]1CO[C@@H]1O[C@H](C)[C@@H](O)[C@@H](OC)[C@H]1OC. The smallest absolute Gasteiger partial charge is 0.308 e. The number of hydrogen-bond acceptors (Lipinski definition) is 17. The fourth-order valence-electron chi connectivity index (χ4n) is 8.72. The second-order valence-electron chi connectivity index (χ2n) is 16.9. The molecular weight excluding hydrogens is 786 g/mol. The summed E-state index contributed by atoms with van der Waals surface area (Å²) >= 11 is 0. The first-order chi connectivity index (χ1) is 28.4. The van der Waals surface area contributed by atoms with Gasteiger partial charge in [-0.3, -0.25) is 14.4 Å². The Labute approximate surface area is 354 Å². The number of aliphatic hydroxyl groups is 3. The predicted molar refractivity (Wildman–Crippen MR) is 215 cm³/mol. The molecule has 3 saturated heterocycles. The van der Waals surface area contributed by atoms with Gasteiger partial charge in [-0.1, -0.05) is 38.5 Å². The summed E-state index contributed by atoms with van der Waals surface area (Å²) < 4.78 is 60.1. The van der Waals surface area contributed by atoms with E-state index < -0.39 is 128 Å². The van der Waals surface area contributed by atoms with Gasteiger partial charge in [0, 0.05) is 45.3 Å². The lowest BCUT2D eigenvalue weighted by molar-refractivity contribution is -0.308. The van der Waals surface area contributed by atoms with Crippen LogP contribution in [-0.4, -0.2) is 172 Å². The van der Waals surface area contributed by atoms with Crippen molar-refractivity contribution in [1.29, 1.82) is 0 Å². The molecular formula is C43H71NO16. The molecule has 17 heteroatoms. The van der Waals surface area contributed by atoms with E-state index in [1.165, 1.54) is 27.2 Å². The van der Waals surface area contributed by atoms with E-state index in [0.717, 1.165) is 0 Å². The Morgan fingerprint density at radius 3 is 2.12 bits per heavy atom. The molecule has 60 heavy (non-hydrogen) atoms. The van der Waals surface area contributed by atoms with Gasteiger partial charge in [0.2, 0.25) is 0 Å². The molecule has 0 unspecified atom stereocenters. The summed E-state index contributed by atoms with van der Waals surface area (Å²) in [4.78, 5) is 41.9. The quantitative estimate of drug-likeness (QED) is 0.241. The number of esters is 2. The highest BCUT2D eigenvalue weighted by atomic mass is 16.7. The van der Waals surface area contributed by atoms with Gasteiger partial charge in [-0.15, -0.1) is 0 Å². The van der Waals surface area contributed by atoms with E-state index >= 15 is 0 Å². The number of cyclic esters (lactones) is 1. The van der Waals surface area contributed by atoms with E-state index in [1.807, 2.05) is 26.8 Å². The number of allylic oxidation sites excluding steroid dienone is 3. The van der Waals surface area contributed by atoms with Gasteiger partial charge in [-0.05, 0) is 59.7 Å². The Morgan fingerprint density at radius 1 is 0.883 bits per heavy atom. The summed E-state index contributed by atoms with van der Waals surface area (Å²) in [7, 11) is 6.45. The van der Waals surface area contributed by atoms with Crippen LogP contribution in [0.2, 0.25) is 0 Å². The van der Waals surface area contributed by atoms with Crippen molar-refractivity contribution in [2.75, 3.05) is 48.1 Å². The van der Waals surface area contributed by atoms with Gasteiger partial charge in [0.1, 0.15) is 24.4 Å². The zero-order valence-electron chi connectivity index (χ0n) is 37.2. The molecule has 3 N–H and O–H groups in total. The minimum Gasteiger partial charge on any atom is -0.462 e. The lowest BCUT2D eigenvalue weighted by atomic mass is 9.79. The maximum absolute atomic E-state index is 13.9. The van der Waals surface area contributed by atoms with Crippen LogP contribution in [0.3, 0.4) is 0 Å². The molecule has 0 saturated carbocycles. The van der Waals surface area contributed by atoms with Crippen molar-refractivity contribution >= 4 is 17.7 Å². The van der Waals surface area contributed by atoms with Crippen molar-refractivity contribution in [2.45, 2.75) is 160 Å². The van der Waals surface area contributed by atoms with Crippen molar-refractivity contribution in [3.05, 3.63) is 23.8 Å². The lowest BCUT2D eigenvalue weighted by Crippen LogP contribution is -2.64. The molecule has 0 aromatic carbocycles. The van der Waals surface area contributed by atoms with Crippen molar-refractivity contribution in [2.24, 2.45) is 23.7 Å². The number of ether oxygens (including phenoxy) is 10. The number of methoxy groups -OCH3 is 2. The van der Waals surface area contributed by atoms with Gasteiger partial charge in [-0.2, -0.15) is 0 Å². The first-order valence-electron chi connectivity index (χ1n) is 21.2. The average molecular weight is 858 g/mol. The molecule has 0 spiro atoms. The zero-order chi connectivity index (χ0) is 44.4. The van der Waals surface area contributed by atoms with Gasteiger partial charge in [0.25, 0.3) is 0 Å². The summed E-state index contributed by atoms with van der Waals surface area (Å²) in [5, 5.41) is 33.7. The third kappa shape index (κ3) is 13.1. The largest absolute Gasteiger partial charge is 0.462 e. The summed E-state index contributed by atoms with van der Waals surface area (Å²) in [6, 6.07) is -0.713. The monoisotopic (exact) mass is 857 g/mol. The number of rotatable bonds is 12. The molecule has 4 aliphatic heterocycles. The molecule has 344 valence electrons. The maximum atomic E-state index is 13.9.